The molecule has 3 rings (SSSR count). The van der Waals surface area contributed by atoms with E-state index in [4.69, 9.17) is 10.3 Å². The molecule has 128 valence electrons. The molecule has 0 radical (unpaired) electrons. The van der Waals surface area contributed by atoms with E-state index in [1.165, 1.54) is 17.1 Å². The number of anilines is 1. The number of hydrogen-bond acceptors (Lipinski definition) is 7. The highest BCUT2D eigenvalue weighted by Gasteiger charge is 2.15. The van der Waals surface area contributed by atoms with Crippen LogP contribution in [-0.4, -0.2) is 22.0 Å². The minimum absolute atomic E-state index is 0.128. The van der Waals surface area contributed by atoms with Gasteiger partial charge in [-0.15, -0.1) is 23.1 Å². The van der Waals surface area contributed by atoms with Gasteiger partial charge in [0, 0.05) is 16.3 Å². The van der Waals surface area contributed by atoms with Gasteiger partial charge in [0.15, 0.2) is 5.13 Å². The summed E-state index contributed by atoms with van der Waals surface area (Å²) in [6.45, 7) is 1.85. The van der Waals surface area contributed by atoms with Gasteiger partial charge in [-0.3, -0.25) is 14.9 Å². The molecule has 3 aromatic rings. The number of thiazole rings is 1. The summed E-state index contributed by atoms with van der Waals surface area (Å²) in [7, 11) is 0. The number of hydrogen-bond donors (Lipinski definition) is 2. The number of carbonyl (C=O) groups excluding carboxylic acids is 2. The number of nitrogens with two attached hydrogens (primary N) is 1. The summed E-state index contributed by atoms with van der Waals surface area (Å²) in [6, 6.07) is 9.09. The van der Waals surface area contributed by atoms with E-state index in [-0.39, 0.29) is 11.6 Å². The highest BCUT2D eigenvalue weighted by Crippen LogP contribution is 2.27. The first-order chi connectivity index (χ1) is 12.0. The Labute approximate surface area is 151 Å². The summed E-state index contributed by atoms with van der Waals surface area (Å²) >= 11 is 2.62. The second-order valence-electron chi connectivity index (χ2n) is 5.08. The maximum absolute atomic E-state index is 12.5. The fourth-order valence-corrected chi connectivity index (χ4v) is 3.64. The van der Waals surface area contributed by atoms with E-state index in [1.807, 2.05) is 25.1 Å². The molecule has 2 amide bonds. The van der Waals surface area contributed by atoms with Crippen molar-refractivity contribution in [1.82, 2.24) is 10.1 Å². The Morgan fingerprint density at radius 1 is 1.36 bits per heavy atom. The molecule has 1 aromatic carbocycles. The van der Waals surface area contributed by atoms with Gasteiger partial charge in [0.2, 0.25) is 0 Å². The molecule has 0 bridgehead atoms. The van der Waals surface area contributed by atoms with Gasteiger partial charge in [-0.25, -0.2) is 4.98 Å². The fraction of sp³-hybridized carbons (Fsp3) is 0.125. The minimum Gasteiger partial charge on any atom is -0.364 e. The molecule has 0 atom stereocenters. The molecule has 7 nitrogen and oxygen atoms in total. The first-order valence-corrected chi connectivity index (χ1v) is 9.10. The predicted molar refractivity (Wildman–Crippen MR) is 95.8 cm³/mol. The van der Waals surface area contributed by atoms with Crippen molar-refractivity contribution in [3.8, 4) is 0 Å². The predicted octanol–water partition coefficient (Wildman–Crippen LogP) is 3.08. The van der Waals surface area contributed by atoms with Crippen LogP contribution in [0.4, 0.5) is 5.13 Å². The molecule has 0 aliphatic heterocycles. The summed E-state index contributed by atoms with van der Waals surface area (Å²) in [5.41, 5.74) is 6.62. The largest absolute Gasteiger partial charge is 0.364 e. The van der Waals surface area contributed by atoms with Crippen LogP contribution < -0.4 is 11.1 Å². The van der Waals surface area contributed by atoms with Crippen LogP contribution in [0.3, 0.4) is 0 Å². The molecule has 0 aliphatic rings. The van der Waals surface area contributed by atoms with Crippen LogP contribution in [0, 0.1) is 6.92 Å². The number of thioether (sulfide) groups is 1. The minimum atomic E-state index is -0.630. The molecule has 25 heavy (non-hydrogen) atoms. The summed E-state index contributed by atoms with van der Waals surface area (Å²) in [5, 5.41) is 8.36. The van der Waals surface area contributed by atoms with Gasteiger partial charge >= 0.3 is 0 Å². The number of carbonyl (C=O) groups is 2. The van der Waals surface area contributed by atoms with Crippen molar-refractivity contribution in [3.63, 3.8) is 0 Å². The molecule has 0 saturated heterocycles. The Morgan fingerprint density at radius 3 is 2.84 bits per heavy atom. The normalized spacial score (nSPS) is 10.6. The Hall–Kier alpha value is -2.65. The first-order valence-electron chi connectivity index (χ1n) is 7.23. The molecule has 0 spiro atoms. The van der Waals surface area contributed by atoms with Crippen molar-refractivity contribution >= 4 is 40.0 Å². The third kappa shape index (κ3) is 4.25. The molecular weight excluding hydrogens is 360 g/mol. The van der Waals surface area contributed by atoms with Gasteiger partial charge in [0.1, 0.15) is 11.5 Å². The smallest absolute Gasteiger partial charge is 0.268 e. The van der Waals surface area contributed by atoms with Crippen LogP contribution in [0.15, 0.2) is 45.1 Å². The van der Waals surface area contributed by atoms with Crippen LogP contribution in [-0.2, 0) is 5.75 Å². The van der Waals surface area contributed by atoms with Crippen LogP contribution in [0.5, 0.6) is 0 Å². The lowest BCUT2D eigenvalue weighted by Crippen LogP contribution is -2.14. The molecule has 0 saturated carbocycles. The molecule has 9 heteroatoms. The van der Waals surface area contributed by atoms with Crippen molar-refractivity contribution in [2.75, 3.05) is 5.32 Å². The van der Waals surface area contributed by atoms with E-state index in [9.17, 15) is 9.59 Å². The third-order valence-corrected chi connectivity index (χ3v) is 5.01. The van der Waals surface area contributed by atoms with Crippen LogP contribution in [0.2, 0.25) is 0 Å². The topological polar surface area (TPSA) is 111 Å². The maximum Gasteiger partial charge on any atom is 0.268 e. The lowest BCUT2D eigenvalue weighted by Gasteiger charge is -2.07. The van der Waals surface area contributed by atoms with Gasteiger partial charge in [0.05, 0.1) is 17.0 Å². The van der Waals surface area contributed by atoms with Gasteiger partial charge in [-0.05, 0) is 19.1 Å². The molecule has 2 aromatic heterocycles. The van der Waals surface area contributed by atoms with Gasteiger partial charge < -0.3 is 10.3 Å². The highest BCUT2D eigenvalue weighted by atomic mass is 32.2. The van der Waals surface area contributed by atoms with Crippen molar-refractivity contribution < 1.29 is 14.1 Å². The Kier molecular flexibility index (Phi) is 5.15. The van der Waals surface area contributed by atoms with Crippen LogP contribution in [0.1, 0.15) is 32.3 Å². The van der Waals surface area contributed by atoms with Gasteiger partial charge in [-0.2, -0.15) is 0 Å². The molecule has 2 heterocycles. The number of rotatable bonds is 6. The number of primary amides is 1. The lowest BCUT2D eigenvalue weighted by molar-refractivity contribution is 0.0992. The number of aromatic nitrogens is 2. The summed E-state index contributed by atoms with van der Waals surface area (Å²) in [4.78, 5) is 28.4. The zero-order valence-corrected chi connectivity index (χ0v) is 14.8. The molecular formula is C16H14N4O3S2. The number of benzene rings is 1. The van der Waals surface area contributed by atoms with E-state index in [0.29, 0.717) is 16.4 Å². The van der Waals surface area contributed by atoms with Crippen molar-refractivity contribution in [2.24, 2.45) is 5.73 Å². The SMILES string of the molecule is Cc1cc(CSc2ccccc2C(=O)Nc2nc(C(N)=O)cs2)on1. The average molecular weight is 374 g/mol. The molecule has 0 fully saturated rings. The third-order valence-electron chi connectivity index (χ3n) is 3.16. The monoisotopic (exact) mass is 374 g/mol. The second kappa shape index (κ2) is 7.49. The van der Waals surface area contributed by atoms with Crippen molar-refractivity contribution in [3.05, 3.63) is 58.4 Å². The number of nitrogens with one attached hydrogen (secondary N) is 1. The van der Waals surface area contributed by atoms with Crippen molar-refractivity contribution in [1.29, 1.82) is 0 Å². The molecule has 3 N–H and O–H groups in total. The Balaban J connectivity index is 1.72. The standard InChI is InChI=1S/C16H14N4O3S2/c1-9-6-10(23-20-9)7-24-13-5-3-2-4-11(13)15(22)19-16-18-12(8-25-16)14(17)21/h2-6,8H,7H2,1H3,(H2,17,21)(H,18,19,22). The van der Waals surface area contributed by atoms with E-state index in [0.717, 1.165) is 27.7 Å². The second-order valence-corrected chi connectivity index (χ2v) is 6.95. The van der Waals surface area contributed by atoms with E-state index < -0.39 is 5.91 Å². The summed E-state index contributed by atoms with van der Waals surface area (Å²) in [5.74, 6) is 0.370. The van der Waals surface area contributed by atoms with Gasteiger partial charge in [-0.1, -0.05) is 17.3 Å². The van der Waals surface area contributed by atoms with Crippen LogP contribution >= 0.6 is 23.1 Å². The van der Waals surface area contributed by atoms with E-state index >= 15 is 0 Å². The number of aryl methyl sites for hydroxylation is 1. The van der Waals surface area contributed by atoms with E-state index in [1.54, 1.807) is 12.1 Å². The zero-order valence-electron chi connectivity index (χ0n) is 13.2. The van der Waals surface area contributed by atoms with Crippen LogP contribution in [0.25, 0.3) is 0 Å². The summed E-state index contributed by atoms with van der Waals surface area (Å²) in [6.07, 6.45) is 0. The van der Waals surface area contributed by atoms with E-state index in [2.05, 4.69) is 15.5 Å². The fourth-order valence-electron chi connectivity index (χ4n) is 2.02. The lowest BCUT2D eigenvalue weighted by atomic mass is 10.2. The first kappa shape index (κ1) is 17.2. The van der Waals surface area contributed by atoms with Crippen molar-refractivity contribution in [2.45, 2.75) is 17.6 Å². The number of amides is 2. The maximum atomic E-state index is 12.5. The quantitative estimate of drug-likeness (QED) is 0.641. The zero-order chi connectivity index (χ0) is 17.8. The highest BCUT2D eigenvalue weighted by molar-refractivity contribution is 7.98. The van der Waals surface area contributed by atoms with Gasteiger partial charge in [0.25, 0.3) is 11.8 Å². The Bertz CT molecular complexity index is 920. The number of nitrogens with zero attached hydrogens (tertiary/aromatic N) is 2. The molecule has 0 unspecified atom stereocenters. The average Bonchev–Trinajstić information content (AvgIpc) is 3.22. The summed E-state index contributed by atoms with van der Waals surface area (Å²) < 4.78 is 5.18. The Morgan fingerprint density at radius 2 is 2.16 bits per heavy atom. The molecule has 0 aliphatic carbocycles.